The summed E-state index contributed by atoms with van der Waals surface area (Å²) < 4.78 is 17.8. The first-order valence-corrected chi connectivity index (χ1v) is 5.02. The van der Waals surface area contributed by atoms with Crippen LogP contribution < -0.4 is 0 Å². The molecule has 0 atom stereocenters. The summed E-state index contributed by atoms with van der Waals surface area (Å²) >= 11 is 5.70. The van der Waals surface area contributed by atoms with Gasteiger partial charge in [-0.2, -0.15) is 0 Å². The van der Waals surface area contributed by atoms with Gasteiger partial charge in [-0.15, -0.1) is 0 Å². The third-order valence-electron chi connectivity index (χ3n) is 2.00. The number of ether oxygens (including phenoxy) is 1. The number of esters is 1. The standard InChI is InChI=1S/C11H10ClFO3/c1-3-16-11(15)10(14)7-4-8(12)6(2)9(13)5-7/h4-5H,3H2,1-2H3. The number of hydrogen-bond acceptors (Lipinski definition) is 3. The van der Waals surface area contributed by atoms with Crippen LogP contribution in [0.1, 0.15) is 22.8 Å². The number of Topliss-reactive ketones (excluding diaryl/α,β-unsaturated/α-hetero) is 1. The Morgan fingerprint density at radius 3 is 2.56 bits per heavy atom. The molecule has 0 aliphatic rings. The quantitative estimate of drug-likeness (QED) is 0.466. The Balaban J connectivity index is 3.06. The smallest absolute Gasteiger partial charge is 0.379 e. The molecule has 0 saturated heterocycles. The second-order valence-corrected chi connectivity index (χ2v) is 3.52. The number of carbonyl (C=O) groups is 2. The van der Waals surface area contributed by atoms with Crippen molar-refractivity contribution in [2.45, 2.75) is 13.8 Å². The molecule has 16 heavy (non-hydrogen) atoms. The van der Waals surface area contributed by atoms with Gasteiger partial charge in [0, 0.05) is 16.1 Å². The van der Waals surface area contributed by atoms with Crippen LogP contribution in [0.3, 0.4) is 0 Å². The summed E-state index contributed by atoms with van der Waals surface area (Å²) in [6, 6.07) is 2.22. The van der Waals surface area contributed by atoms with Crippen LogP contribution in [0.5, 0.6) is 0 Å². The molecule has 5 heteroatoms. The highest BCUT2D eigenvalue weighted by atomic mass is 35.5. The van der Waals surface area contributed by atoms with Gasteiger partial charge in [0.05, 0.1) is 6.61 Å². The topological polar surface area (TPSA) is 43.4 Å². The van der Waals surface area contributed by atoms with Crippen LogP contribution in [-0.4, -0.2) is 18.4 Å². The van der Waals surface area contributed by atoms with Crippen molar-refractivity contribution in [1.29, 1.82) is 0 Å². The number of benzene rings is 1. The Labute approximate surface area is 97.2 Å². The van der Waals surface area contributed by atoms with Gasteiger partial charge in [0.1, 0.15) is 5.82 Å². The molecule has 1 aromatic rings. The minimum absolute atomic E-state index is 0.0899. The molecular weight excluding hydrogens is 235 g/mol. The molecule has 0 radical (unpaired) electrons. The van der Waals surface area contributed by atoms with E-state index >= 15 is 0 Å². The molecule has 0 N–H and O–H groups in total. The fourth-order valence-electron chi connectivity index (χ4n) is 1.09. The van der Waals surface area contributed by atoms with E-state index in [2.05, 4.69) is 4.74 Å². The summed E-state index contributed by atoms with van der Waals surface area (Å²) in [5.74, 6) is -2.54. The van der Waals surface area contributed by atoms with E-state index in [0.29, 0.717) is 0 Å². The van der Waals surface area contributed by atoms with Crippen molar-refractivity contribution < 1.29 is 18.7 Å². The van der Waals surface area contributed by atoms with Crippen molar-refractivity contribution in [3.8, 4) is 0 Å². The Kier molecular flexibility index (Phi) is 4.01. The minimum Gasteiger partial charge on any atom is -0.460 e. The number of hydrogen-bond donors (Lipinski definition) is 0. The maximum absolute atomic E-state index is 13.3. The third-order valence-corrected chi connectivity index (χ3v) is 2.40. The molecule has 0 aliphatic carbocycles. The van der Waals surface area contributed by atoms with Gasteiger partial charge in [-0.25, -0.2) is 9.18 Å². The van der Waals surface area contributed by atoms with Crippen LogP contribution >= 0.6 is 11.6 Å². The third kappa shape index (κ3) is 2.58. The van der Waals surface area contributed by atoms with E-state index in [9.17, 15) is 14.0 Å². The highest BCUT2D eigenvalue weighted by Crippen LogP contribution is 2.20. The average Bonchev–Trinajstić information content (AvgIpc) is 2.24. The minimum atomic E-state index is -1.01. The molecule has 0 heterocycles. The van der Waals surface area contributed by atoms with Crippen LogP contribution in [0.25, 0.3) is 0 Å². The van der Waals surface area contributed by atoms with Crippen LogP contribution in [0.15, 0.2) is 12.1 Å². The van der Waals surface area contributed by atoms with Gasteiger partial charge in [-0.05, 0) is 26.0 Å². The zero-order valence-corrected chi connectivity index (χ0v) is 9.60. The van der Waals surface area contributed by atoms with Crippen LogP contribution in [0, 0.1) is 12.7 Å². The van der Waals surface area contributed by atoms with E-state index in [-0.39, 0.29) is 22.8 Å². The Morgan fingerprint density at radius 2 is 2.06 bits per heavy atom. The van der Waals surface area contributed by atoms with Gasteiger partial charge >= 0.3 is 5.97 Å². The summed E-state index contributed by atoms with van der Waals surface area (Å²) in [7, 11) is 0. The highest BCUT2D eigenvalue weighted by molar-refractivity contribution is 6.41. The van der Waals surface area contributed by atoms with Crippen molar-refractivity contribution in [3.63, 3.8) is 0 Å². The van der Waals surface area contributed by atoms with Crippen molar-refractivity contribution in [2.75, 3.05) is 6.61 Å². The lowest BCUT2D eigenvalue weighted by molar-refractivity contribution is -0.137. The second-order valence-electron chi connectivity index (χ2n) is 3.11. The summed E-state index contributed by atoms with van der Waals surface area (Å²) in [6.45, 7) is 3.15. The molecule has 1 rings (SSSR count). The second kappa shape index (κ2) is 5.07. The number of ketones is 1. The molecular formula is C11H10ClFO3. The normalized spacial score (nSPS) is 10.0. The zero-order chi connectivity index (χ0) is 12.3. The monoisotopic (exact) mass is 244 g/mol. The summed E-state index contributed by atoms with van der Waals surface area (Å²) in [6.07, 6.45) is 0. The van der Waals surface area contributed by atoms with Gasteiger partial charge in [0.25, 0.3) is 5.78 Å². The van der Waals surface area contributed by atoms with Gasteiger partial charge in [0.15, 0.2) is 0 Å². The van der Waals surface area contributed by atoms with Crippen LogP contribution in [0.2, 0.25) is 5.02 Å². The van der Waals surface area contributed by atoms with Gasteiger partial charge < -0.3 is 4.74 Å². The lowest BCUT2D eigenvalue weighted by Crippen LogP contribution is -2.17. The van der Waals surface area contributed by atoms with E-state index in [4.69, 9.17) is 11.6 Å². The van der Waals surface area contributed by atoms with Crippen molar-refractivity contribution >= 4 is 23.4 Å². The average molecular weight is 245 g/mol. The number of halogens is 2. The number of carbonyl (C=O) groups excluding carboxylic acids is 2. The van der Waals surface area contributed by atoms with Crippen LogP contribution in [0.4, 0.5) is 4.39 Å². The van der Waals surface area contributed by atoms with Gasteiger partial charge in [-0.3, -0.25) is 4.79 Å². The molecule has 0 aliphatic heterocycles. The summed E-state index contributed by atoms with van der Waals surface area (Å²) in [5.41, 5.74) is 0.133. The van der Waals surface area contributed by atoms with Crippen molar-refractivity contribution in [3.05, 3.63) is 34.1 Å². The molecule has 0 saturated carbocycles. The molecule has 0 fully saturated rings. The van der Waals surface area contributed by atoms with E-state index in [0.717, 1.165) is 6.07 Å². The van der Waals surface area contributed by atoms with Gasteiger partial charge in [-0.1, -0.05) is 11.6 Å². The first-order valence-electron chi connectivity index (χ1n) is 4.64. The van der Waals surface area contributed by atoms with Crippen molar-refractivity contribution in [1.82, 2.24) is 0 Å². The Bertz CT molecular complexity index is 420. The highest BCUT2D eigenvalue weighted by Gasteiger charge is 2.19. The van der Waals surface area contributed by atoms with E-state index < -0.39 is 17.6 Å². The first kappa shape index (κ1) is 12.6. The van der Waals surface area contributed by atoms with E-state index in [1.807, 2.05) is 0 Å². The predicted octanol–water partition coefficient (Wildman–Crippen LogP) is 2.53. The van der Waals surface area contributed by atoms with E-state index in [1.165, 1.54) is 13.0 Å². The molecule has 3 nitrogen and oxygen atoms in total. The summed E-state index contributed by atoms with van der Waals surface area (Å²) in [4.78, 5) is 22.6. The Morgan fingerprint density at radius 1 is 1.44 bits per heavy atom. The fourth-order valence-corrected chi connectivity index (χ4v) is 1.30. The maximum atomic E-state index is 13.3. The molecule has 1 aromatic carbocycles. The lowest BCUT2D eigenvalue weighted by Gasteiger charge is -2.04. The number of rotatable bonds is 3. The van der Waals surface area contributed by atoms with Crippen LogP contribution in [-0.2, 0) is 9.53 Å². The molecule has 86 valence electrons. The maximum Gasteiger partial charge on any atom is 0.379 e. The lowest BCUT2D eigenvalue weighted by atomic mass is 10.1. The largest absolute Gasteiger partial charge is 0.460 e. The fraction of sp³-hybridized carbons (Fsp3) is 0.273. The first-order chi connectivity index (χ1) is 7.47. The Hall–Kier alpha value is -1.42. The summed E-state index contributed by atoms with van der Waals surface area (Å²) in [5, 5.41) is 0.104. The SMILES string of the molecule is CCOC(=O)C(=O)c1cc(F)c(C)c(Cl)c1. The molecule has 0 bridgehead atoms. The predicted molar refractivity (Wildman–Crippen MR) is 57.1 cm³/mol. The van der Waals surface area contributed by atoms with Gasteiger partial charge in [0.2, 0.25) is 0 Å². The molecule has 0 amide bonds. The van der Waals surface area contributed by atoms with E-state index in [1.54, 1.807) is 6.92 Å². The van der Waals surface area contributed by atoms with Crippen molar-refractivity contribution in [2.24, 2.45) is 0 Å². The molecule has 0 spiro atoms. The molecule has 0 aromatic heterocycles. The molecule has 0 unspecified atom stereocenters. The zero-order valence-electron chi connectivity index (χ0n) is 8.84.